The number of quaternary nitrogens is 1. The van der Waals surface area contributed by atoms with E-state index in [0.29, 0.717) is 12.8 Å². The van der Waals surface area contributed by atoms with E-state index in [2.05, 4.69) is 26.5 Å². The summed E-state index contributed by atoms with van der Waals surface area (Å²) in [6.07, 6.45) is 1.23. The number of aliphatic carboxylic acids is 1. The third-order valence-electron chi connectivity index (χ3n) is 2.55. The van der Waals surface area contributed by atoms with Crippen LogP contribution in [0.4, 0.5) is 4.79 Å². The summed E-state index contributed by atoms with van der Waals surface area (Å²) < 4.78 is 5.86. The van der Waals surface area contributed by atoms with E-state index in [1.807, 2.05) is 0 Å². The molecule has 6 nitrogen and oxygen atoms in total. The first-order valence-corrected chi connectivity index (χ1v) is 6.91. The Morgan fingerprint density at radius 1 is 1.18 bits per heavy atom. The van der Waals surface area contributed by atoms with E-state index >= 15 is 0 Å². The summed E-state index contributed by atoms with van der Waals surface area (Å²) in [5.74, 6) is -1.28. The molecule has 0 aromatic carbocycles. The number of carbonyl (C=O) groups excluding carboxylic acids is 2. The van der Waals surface area contributed by atoms with E-state index in [-0.39, 0.29) is 75.4 Å². The standard InChI is InChI=1S/C14H28N2O4.HI.K/c1-14(2,3)20-13(19)15-11(12(17)18)9-7-8-10-16(4,5)6;;/h11H,7-10H2,1-6H3,(H-,15,17,18,19);1H;/q;;+1/p-1/t11-;;/m0../s1. The van der Waals surface area contributed by atoms with Crippen LogP contribution >= 0.6 is 0 Å². The molecule has 0 rings (SSSR count). The minimum Gasteiger partial charge on any atom is -1.00 e. The van der Waals surface area contributed by atoms with Gasteiger partial charge in [-0.1, -0.05) is 0 Å². The number of ether oxygens (including phenoxy) is 1. The van der Waals surface area contributed by atoms with Gasteiger partial charge >= 0.3 is 57.5 Å². The molecule has 126 valence electrons. The Kier molecular flexibility index (Phi) is 15.8. The maximum Gasteiger partial charge on any atom is 1.00 e. The molecule has 0 aromatic heterocycles. The molecule has 0 saturated heterocycles. The summed E-state index contributed by atoms with van der Waals surface area (Å²) in [7, 11) is 6.24. The molecule has 0 aromatic rings. The molecule has 0 saturated carbocycles. The first kappa shape index (κ1) is 27.9. The number of unbranched alkanes of at least 4 members (excludes halogenated alkanes) is 1. The first-order chi connectivity index (χ1) is 8.91. The Balaban J connectivity index is -0.00000180. The number of carboxylic acid groups (broad SMARTS) is 1. The van der Waals surface area contributed by atoms with Crippen molar-refractivity contribution in [2.75, 3.05) is 27.7 Å². The molecule has 1 atom stereocenters. The van der Waals surface area contributed by atoms with E-state index in [1.54, 1.807) is 20.8 Å². The molecule has 0 fully saturated rings. The molecule has 0 spiro atoms. The van der Waals surface area contributed by atoms with Gasteiger partial charge in [0.15, 0.2) is 0 Å². The Morgan fingerprint density at radius 2 is 1.68 bits per heavy atom. The molecular formula is C14H28IKN2O4. The van der Waals surface area contributed by atoms with Crippen LogP contribution in [-0.4, -0.2) is 55.9 Å². The van der Waals surface area contributed by atoms with Crippen molar-refractivity contribution in [3.8, 4) is 0 Å². The summed E-state index contributed by atoms with van der Waals surface area (Å²) in [6.45, 7) is 6.12. The second-order valence-corrected chi connectivity index (χ2v) is 7.03. The summed E-state index contributed by atoms with van der Waals surface area (Å²) in [6, 6.07) is -1.00. The minimum atomic E-state index is -1.28. The van der Waals surface area contributed by atoms with Crippen LogP contribution in [0.3, 0.4) is 0 Å². The molecular weight excluding hydrogens is 426 g/mol. The zero-order chi connectivity index (χ0) is 16.0. The summed E-state index contributed by atoms with van der Waals surface area (Å²) in [4.78, 5) is 22.5. The zero-order valence-electron chi connectivity index (χ0n) is 14.9. The molecule has 0 aliphatic heterocycles. The van der Waals surface area contributed by atoms with Gasteiger partial charge < -0.3 is 48.4 Å². The van der Waals surface area contributed by atoms with Gasteiger partial charge in [-0.3, -0.25) is 0 Å². The first-order valence-electron chi connectivity index (χ1n) is 6.91. The smallest absolute Gasteiger partial charge is 1.00 e. The van der Waals surface area contributed by atoms with Gasteiger partial charge in [0.2, 0.25) is 0 Å². The molecule has 0 aliphatic carbocycles. The third-order valence-corrected chi connectivity index (χ3v) is 2.55. The Hall–Kier alpha value is 1.07. The number of carbonyl (C=O) groups is 2. The van der Waals surface area contributed by atoms with Crippen LogP contribution in [0.5, 0.6) is 0 Å². The number of amides is 1. The van der Waals surface area contributed by atoms with Gasteiger partial charge in [0.05, 0.1) is 39.7 Å². The fourth-order valence-corrected chi connectivity index (χ4v) is 1.63. The number of hydrogen-bond acceptors (Lipinski definition) is 4. The maximum absolute atomic E-state index is 11.5. The van der Waals surface area contributed by atoms with Crippen molar-refractivity contribution in [1.29, 1.82) is 0 Å². The van der Waals surface area contributed by atoms with E-state index in [9.17, 15) is 14.7 Å². The Bertz CT molecular complexity index is 341. The Labute approximate surface area is 193 Å². The topological polar surface area (TPSA) is 78.5 Å². The minimum absolute atomic E-state index is 0. The van der Waals surface area contributed by atoms with Crippen LogP contribution in [0.15, 0.2) is 0 Å². The van der Waals surface area contributed by atoms with E-state index < -0.39 is 23.7 Å². The molecule has 0 heterocycles. The van der Waals surface area contributed by atoms with Gasteiger partial charge in [0, 0.05) is 0 Å². The van der Waals surface area contributed by atoms with Crippen LogP contribution in [0.1, 0.15) is 40.0 Å². The fraction of sp³-hybridized carbons (Fsp3) is 0.857. The zero-order valence-corrected chi connectivity index (χ0v) is 20.1. The molecule has 1 amide bonds. The third kappa shape index (κ3) is 17.4. The number of nitrogens with one attached hydrogen (secondary N) is 1. The monoisotopic (exact) mass is 454 g/mol. The molecule has 22 heavy (non-hydrogen) atoms. The van der Waals surface area contributed by atoms with Crippen LogP contribution in [0.25, 0.3) is 0 Å². The molecule has 0 bridgehead atoms. The fourth-order valence-electron chi connectivity index (χ4n) is 1.63. The molecule has 1 N–H and O–H groups in total. The van der Waals surface area contributed by atoms with Crippen molar-refractivity contribution in [3.05, 3.63) is 0 Å². The average Bonchev–Trinajstić information content (AvgIpc) is 2.17. The van der Waals surface area contributed by atoms with Crippen molar-refractivity contribution < 1.29 is 99.3 Å². The Morgan fingerprint density at radius 3 is 2.05 bits per heavy atom. The van der Waals surface area contributed by atoms with Crippen LogP contribution in [0, 0.1) is 0 Å². The summed E-state index contributed by atoms with van der Waals surface area (Å²) in [5, 5.41) is 13.3. The van der Waals surface area contributed by atoms with Crippen molar-refractivity contribution in [1.82, 2.24) is 5.32 Å². The van der Waals surface area contributed by atoms with Gasteiger partial charge in [-0.15, -0.1) is 0 Å². The predicted octanol–water partition coefficient (Wildman–Crippen LogP) is -5.49. The SMILES string of the molecule is CC(C)(C)OC(=O)N[C@@H](CCCC[N+](C)(C)C)C(=O)[O-].[I-].[K+]. The number of rotatable bonds is 7. The van der Waals surface area contributed by atoms with Gasteiger partial charge in [0.1, 0.15) is 5.60 Å². The summed E-state index contributed by atoms with van der Waals surface area (Å²) in [5.41, 5.74) is -0.649. The van der Waals surface area contributed by atoms with Crippen molar-refractivity contribution in [3.63, 3.8) is 0 Å². The molecule has 8 heteroatoms. The molecule has 0 unspecified atom stereocenters. The van der Waals surface area contributed by atoms with Crippen LogP contribution in [0.2, 0.25) is 0 Å². The van der Waals surface area contributed by atoms with Gasteiger partial charge in [-0.2, -0.15) is 0 Å². The second kappa shape index (κ2) is 12.4. The van der Waals surface area contributed by atoms with Crippen molar-refractivity contribution >= 4 is 12.1 Å². The van der Waals surface area contributed by atoms with Gasteiger partial charge in [-0.05, 0) is 40.0 Å². The molecule has 0 radical (unpaired) electrons. The number of halogens is 1. The number of carboxylic acids is 1. The number of hydrogen-bond donors (Lipinski definition) is 1. The largest absolute Gasteiger partial charge is 1.00 e. The van der Waals surface area contributed by atoms with Crippen molar-refractivity contribution in [2.45, 2.75) is 51.7 Å². The van der Waals surface area contributed by atoms with E-state index in [4.69, 9.17) is 4.74 Å². The van der Waals surface area contributed by atoms with Crippen LogP contribution < -0.4 is 85.8 Å². The number of nitrogens with zero attached hydrogens (tertiary/aromatic N) is 1. The van der Waals surface area contributed by atoms with E-state index in [0.717, 1.165) is 17.4 Å². The quantitative estimate of drug-likeness (QED) is 0.180. The van der Waals surface area contributed by atoms with Crippen molar-refractivity contribution in [2.24, 2.45) is 0 Å². The van der Waals surface area contributed by atoms with E-state index in [1.165, 1.54) is 0 Å². The summed E-state index contributed by atoms with van der Waals surface area (Å²) >= 11 is 0. The van der Waals surface area contributed by atoms with Gasteiger partial charge in [0.25, 0.3) is 0 Å². The maximum atomic E-state index is 11.5. The van der Waals surface area contributed by atoms with Gasteiger partial charge in [-0.25, -0.2) is 4.79 Å². The second-order valence-electron chi connectivity index (χ2n) is 7.03. The number of alkyl carbamates (subject to hydrolysis) is 1. The average molecular weight is 454 g/mol. The molecule has 0 aliphatic rings. The van der Waals surface area contributed by atoms with Crippen LogP contribution in [-0.2, 0) is 9.53 Å². The predicted molar refractivity (Wildman–Crippen MR) is 74.9 cm³/mol. The normalized spacial score (nSPS) is 12.5.